The molecule has 6 nitrogen and oxygen atoms in total. The average Bonchev–Trinajstić information content (AvgIpc) is 2.44. The van der Waals surface area contributed by atoms with Gasteiger partial charge in [-0.2, -0.15) is 0 Å². The van der Waals surface area contributed by atoms with Gasteiger partial charge in [0.1, 0.15) is 5.82 Å². The average molecular weight is 359 g/mol. The third kappa shape index (κ3) is 3.59. The van der Waals surface area contributed by atoms with Crippen molar-refractivity contribution in [3.8, 4) is 0 Å². The minimum Gasteiger partial charge on any atom is -0.279 e. The molecule has 2 aromatic carbocycles. The molecule has 0 aliphatic heterocycles. The van der Waals surface area contributed by atoms with Crippen LogP contribution < -0.4 is 4.72 Å². The van der Waals surface area contributed by atoms with E-state index in [4.69, 9.17) is 11.6 Å². The molecule has 0 radical (unpaired) electrons. The van der Waals surface area contributed by atoms with Gasteiger partial charge in [0.25, 0.3) is 15.7 Å². The molecule has 122 valence electrons. The first-order chi connectivity index (χ1) is 10.6. The topological polar surface area (TPSA) is 89.3 Å². The second-order valence-corrected chi connectivity index (χ2v) is 6.96. The standard InChI is InChI=1S/C14H12ClFN2O4S/c1-8-3-4-10(16)5-13(8)17-23(21,22)11-6-12(15)9(2)14(7-11)18(19)20/h3-7,17H,1-2H3. The molecule has 0 bridgehead atoms. The van der Waals surface area contributed by atoms with Gasteiger partial charge in [0.15, 0.2) is 0 Å². The van der Waals surface area contributed by atoms with Gasteiger partial charge in [-0.25, -0.2) is 12.8 Å². The molecule has 0 atom stereocenters. The Kier molecular flexibility index (Phi) is 4.58. The second kappa shape index (κ2) is 6.13. The number of halogens is 2. The van der Waals surface area contributed by atoms with E-state index in [-0.39, 0.29) is 21.2 Å². The quantitative estimate of drug-likeness (QED) is 0.664. The van der Waals surface area contributed by atoms with E-state index in [0.717, 1.165) is 18.2 Å². The number of hydrogen-bond donors (Lipinski definition) is 1. The van der Waals surface area contributed by atoms with Crippen LogP contribution in [0.3, 0.4) is 0 Å². The van der Waals surface area contributed by atoms with Crippen molar-refractivity contribution in [2.24, 2.45) is 0 Å². The third-order valence-corrected chi connectivity index (χ3v) is 4.98. The zero-order valence-corrected chi connectivity index (χ0v) is 13.7. The molecule has 0 fully saturated rings. The van der Waals surface area contributed by atoms with Gasteiger partial charge in [-0.3, -0.25) is 14.8 Å². The number of nitrogens with one attached hydrogen (secondary N) is 1. The van der Waals surface area contributed by atoms with E-state index < -0.39 is 26.5 Å². The number of anilines is 1. The number of nitro benzene ring substituents is 1. The highest BCUT2D eigenvalue weighted by Gasteiger charge is 2.23. The van der Waals surface area contributed by atoms with Crippen molar-refractivity contribution >= 4 is 33.0 Å². The molecule has 0 amide bonds. The number of nitrogens with zero attached hydrogens (tertiary/aromatic N) is 1. The Morgan fingerprint density at radius 3 is 2.48 bits per heavy atom. The Hall–Kier alpha value is -2.19. The summed E-state index contributed by atoms with van der Waals surface area (Å²) >= 11 is 5.87. The number of rotatable bonds is 4. The van der Waals surface area contributed by atoms with Crippen LogP contribution in [0.4, 0.5) is 15.8 Å². The first-order valence-corrected chi connectivity index (χ1v) is 8.21. The van der Waals surface area contributed by atoms with Crippen LogP contribution in [-0.4, -0.2) is 13.3 Å². The molecule has 0 saturated heterocycles. The Labute approximate surface area is 137 Å². The summed E-state index contributed by atoms with van der Waals surface area (Å²) in [5.74, 6) is -0.610. The van der Waals surface area contributed by atoms with Gasteiger partial charge >= 0.3 is 0 Å². The van der Waals surface area contributed by atoms with Gasteiger partial charge in [-0.15, -0.1) is 0 Å². The lowest BCUT2D eigenvalue weighted by Gasteiger charge is -2.11. The molecule has 0 aliphatic rings. The van der Waals surface area contributed by atoms with Crippen molar-refractivity contribution in [1.29, 1.82) is 0 Å². The van der Waals surface area contributed by atoms with Crippen LogP contribution in [0.2, 0.25) is 5.02 Å². The molecule has 0 unspecified atom stereocenters. The maximum Gasteiger partial charge on any atom is 0.275 e. The molecular formula is C14H12ClFN2O4S. The maximum atomic E-state index is 13.3. The first kappa shape index (κ1) is 17.2. The predicted octanol–water partition coefficient (Wildman–Crippen LogP) is 3.80. The lowest BCUT2D eigenvalue weighted by atomic mass is 10.2. The molecule has 0 aliphatic carbocycles. The summed E-state index contributed by atoms with van der Waals surface area (Å²) in [4.78, 5) is 9.91. The van der Waals surface area contributed by atoms with E-state index in [0.29, 0.717) is 5.56 Å². The molecule has 23 heavy (non-hydrogen) atoms. The van der Waals surface area contributed by atoms with E-state index in [1.807, 2.05) is 0 Å². The van der Waals surface area contributed by atoms with Crippen molar-refractivity contribution < 1.29 is 17.7 Å². The van der Waals surface area contributed by atoms with Gasteiger partial charge in [0.2, 0.25) is 0 Å². The van der Waals surface area contributed by atoms with Crippen LogP contribution in [0.15, 0.2) is 35.2 Å². The maximum absolute atomic E-state index is 13.3. The monoisotopic (exact) mass is 358 g/mol. The Morgan fingerprint density at radius 2 is 1.87 bits per heavy atom. The Balaban J connectivity index is 2.52. The lowest BCUT2D eigenvalue weighted by Crippen LogP contribution is -2.14. The summed E-state index contributed by atoms with van der Waals surface area (Å²) < 4.78 is 40.3. The largest absolute Gasteiger partial charge is 0.279 e. The van der Waals surface area contributed by atoms with Crippen LogP contribution in [0.25, 0.3) is 0 Å². The van der Waals surface area contributed by atoms with Crippen LogP contribution in [-0.2, 0) is 10.0 Å². The van der Waals surface area contributed by atoms with Gasteiger partial charge in [-0.1, -0.05) is 17.7 Å². The summed E-state index contributed by atoms with van der Waals surface area (Å²) in [5.41, 5.74) is 0.304. The van der Waals surface area contributed by atoms with E-state index in [1.54, 1.807) is 6.92 Å². The number of nitro groups is 1. The van der Waals surface area contributed by atoms with Gasteiger partial charge in [-0.05, 0) is 37.6 Å². The van der Waals surface area contributed by atoms with Crippen molar-refractivity contribution in [3.05, 3.63) is 62.4 Å². The molecule has 0 aromatic heterocycles. The van der Waals surface area contributed by atoms with E-state index in [2.05, 4.69) is 4.72 Å². The second-order valence-electron chi connectivity index (χ2n) is 4.87. The van der Waals surface area contributed by atoms with Crippen molar-refractivity contribution in [2.45, 2.75) is 18.7 Å². The smallest absolute Gasteiger partial charge is 0.275 e. The van der Waals surface area contributed by atoms with E-state index >= 15 is 0 Å². The fourth-order valence-electron chi connectivity index (χ4n) is 1.89. The van der Waals surface area contributed by atoms with Gasteiger partial charge in [0.05, 0.1) is 20.5 Å². The molecule has 0 spiro atoms. The van der Waals surface area contributed by atoms with Crippen LogP contribution in [0.1, 0.15) is 11.1 Å². The Bertz CT molecular complexity index is 900. The summed E-state index contributed by atoms with van der Waals surface area (Å²) in [7, 11) is -4.15. The predicted molar refractivity (Wildman–Crippen MR) is 84.8 cm³/mol. The molecule has 9 heteroatoms. The Morgan fingerprint density at radius 1 is 1.22 bits per heavy atom. The molecule has 0 heterocycles. The lowest BCUT2D eigenvalue weighted by molar-refractivity contribution is -0.385. The van der Waals surface area contributed by atoms with Crippen LogP contribution in [0.5, 0.6) is 0 Å². The minimum absolute atomic E-state index is 0.0457. The molecular weight excluding hydrogens is 347 g/mol. The van der Waals surface area contributed by atoms with Crippen molar-refractivity contribution in [1.82, 2.24) is 0 Å². The number of aryl methyl sites for hydroxylation is 1. The normalized spacial score (nSPS) is 11.3. The van der Waals surface area contributed by atoms with Gasteiger partial charge < -0.3 is 0 Å². The summed E-state index contributed by atoms with van der Waals surface area (Å²) in [6.45, 7) is 3.02. The highest BCUT2D eigenvalue weighted by Crippen LogP contribution is 2.30. The fraction of sp³-hybridized carbons (Fsp3) is 0.143. The zero-order chi connectivity index (χ0) is 17.4. The SMILES string of the molecule is Cc1ccc(F)cc1NS(=O)(=O)c1cc(Cl)c(C)c([N+](=O)[O-])c1. The number of benzene rings is 2. The third-order valence-electron chi connectivity index (χ3n) is 3.24. The summed E-state index contributed by atoms with van der Waals surface area (Å²) in [6.07, 6.45) is 0. The fourth-order valence-corrected chi connectivity index (χ4v) is 3.34. The minimum atomic E-state index is -4.15. The number of hydrogen-bond acceptors (Lipinski definition) is 4. The van der Waals surface area contributed by atoms with Crippen LogP contribution >= 0.6 is 11.6 Å². The highest BCUT2D eigenvalue weighted by molar-refractivity contribution is 7.92. The van der Waals surface area contributed by atoms with Gasteiger partial charge in [0, 0.05) is 11.6 Å². The first-order valence-electron chi connectivity index (χ1n) is 6.35. The zero-order valence-electron chi connectivity index (χ0n) is 12.1. The van der Waals surface area contributed by atoms with Crippen molar-refractivity contribution in [3.63, 3.8) is 0 Å². The highest BCUT2D eigenvalue weighted by atomic mass is 35.5. The number of sulfonamides is 1. The van der Waals surface area contributed by atoms with E-state index in [9.17, 15) is 22.9 Å². The van der Waals surface area contributed by atoms with Crippen LogP contribution in [0, 0.1) is 29.8 Å². The molecule has 0 saturated carbocycles. The van der Waals surface area contributed by atoms with Crippen molar-refractivity contribution in [2.75, 3.05) is 4.72 Å². The molecule has 1 N–H and O–H groups in total. The molecule has 2 aromatic rings. The van der Waals surface area contributed by atoms with E-state index in [1.165, 1.54) is 19.1 Å². The summed E-state index contributed by atoms with van der Waals surface area (Å²) in [6, 6.07) is 5.66. The molecule has 2 rings (SSSR count). The summed E-state index contributed by atoms with van der Waals surface area (Å²) in [5, 5.41) is 10.9.